The third-order valence-corrected chi connectivity index (χ3v) is 5.67. The monoisotopic (exact) mass is 364 g/mol. The first-order chi connectivity index (χ1) is 13.1. The second-order valence-electron chi connectivity index (χ2n) is 7.60. The maximum absolute atomic E-state index is 13.2. The standard InChI is InChI=1S/C21H24N4O2/c1-16-5-2-7-18(23-16)14-24-12-9-21(20(24)27)8-4-11-25(15-21)19(26)17-6-3-10-22-13-17/h2-3,5-7,10,13H,4,8-9,11-12,14-15H2,1H3/t21-/m0/s1. The van der Waals surface area contributed by atoms with Crippen molar-refractivity contribution >= 4 is 11.8 Å². The largest absolute Gasteiger partial charge is 0.338 e. The van der Waals surface area contributed by atoms with Crippen molar-refractivity contribution in [3.05, 3.63) is 59.7 Å². The average Bonchev–Trinajstić information content (AvgIpc) is 2.97. The van der Waals surface area contributed by atoms with Crippen LogP contribution in [0.2, 0.25) is 0 Å². The van der Waals surface area contributed by atoms with Crippen LogP contribution in [-0.4, -0.2) is 51.2 Å². The molecule has 0 radical (unpaired) electrons. The molecule has 0 unspecified atom stereocenters. The molecule has 2 aliphatic heterocycles. The third kappa shape index (κ3) is 3.44. The molecular formula is C21H24N4O2. The lowest BCUT2D eigenvalue weighted by atomic mass is 9.78. The van der Waals surface area contributed by atoms with E-state index in [0.717, 1.165) is 37.2 Å². The summed E-state index contributed by atoms with van der Waals surface area (Å²) < 4.78 is 0. The van der Waals surface area contributed by atoms with Gasteiger partial charge in [-0.25, -0.2) is 0 Å². The summed E-state index contributed by atoms with van der Waals surface area (Å²) in [7, 11) is 0. The minimum Gasteiger partial charge on any atom is -0.338 e. The maximum Gasteiger partial charge on any atom is 0.255 e. The summed E-state index contributed by atoms with van der Waals surface area (Å²) in [6.07, 6.45) is 5.76. The molecule has 4 rings (SSSR count). The smallest absolute Gasteiger partial charge is 0.255 e. The Morgan fingerprint density at radius 1 is 1.19 bits per heavy atom. The lowest BCUT2D eigenvalue weighted by Gasteiger charge is -2.39. The van der Waals surface area contributed by atoms with Gasteiger partial charge in [-0.3, -0.25) is 19.6 Å². The summed E-state index contributed by atoms with van der Waals surface area (Å²) in [6.45, 7) is 4.42. The average molecular weight is 364 g/mol. The fourth-order valence-corrected chi connectivity index (χ4v) is 4.28. The molecule has 0 saturated carbocycles. The number of hydrogen-bond acceptors (Lipinski definition) is 4. The molecule has 27 heavy (non-hydrogen) atoms. The number of amides is 2. The van der Waals surface area contributed by atoms with Gasteiger partial charge in [-0.1, -0.05) is 6.07 Å². The van der Waals surface area contributed by atoms with E-state index in [9.17, 15) is 9.59 Å². The summed E-state index contributed by atoms with van der Waals surface area (Å²) >= 11 is 0. The maximum atomic E-state index is 13.2. The zero-order valence-corrected chi connectivity index (χ0v) is 15.6. The number of nitrogens with zero attached hydrogens (tertiary/aromatic N) is 4. The number of carbonyl (C=O) groups is 2. The van der Waals surface area contributed by atoms with E-state index < -0.39 is 5.41 Å². The fraction of sp³-hybridized carbons (Fsp3) is 0.429. The van der Waals surface area contributed by atoms with Crippen LogP contribution in [0.1, 0.15) is 41.0 Å². The van der Waals surface area contributed by atoms with Crippen molar-refractivity contribution in [2.75, 3.05) is 19.6 Å². The van der Waals surface area contributed by atoms with Gasteiger partial charge in [-0.2, -0.15) is 0 Å². The van der Waals surface area contributed by atoms with E-state index in [2.05, 4.69) is 9.97 Å². The van der Waals surface area contributed by atoms with Gasteiger partial charge in [0.25, 0.3) is 5.91 Å². The summed E-state index contributed by atoms with van der Waals surface area (Å²) in [6, 6.07) is 9.44. The van der Waals surface area contributed by atoms with E-state index >= 15 is 0 Å². The summed E-state index contributed by atoms with van der Waals surface area (Å²) in [5, 5.41) is 0. The van der Waals surface area contributed by atoms with Crippen molar-refractivity contribution in [2.45, 2.75) is 32.7 Å². The van der Waals surface area contributed by atoms with Crippen LogP contribution in [0.25, 0.3) is 0 Å². The second-order valence-corrected chi connectivity index (χ2v) is 7.60. The van der Waals surface area contributed by atoms with Crippen molar-refractivity contribution < 1.29 is 9.59 Å². The van der Waals surface area contributed by atoms with E-state index in [0.29, 0.717) is 25.2 Å². The molecule has 2 aromatic heterocycles. The van der Waals surface area contributed by atoms with Crippen molar-refractivity contribution in [3.8, 4) is 0 Å². The van der Waals surface area contributed by atoms with Crippen LogP contribution in [0.5, 0.6) is 0 Å². The second kappa shape index (κ2) is 7.10. The number of aryl methyl sites for hydroxylation is 1. The Hall–Kier alpha value is -2.76. The van der Waals surface area contributed by atoms with E-state index in [-0.39, 0.29) is 11.8 Å². The molecule has 2 saturated heterocycles. The highest BCUT2D eigenvalue weighted by Crippen LogP contribution is 2.40. The van der Waals surface area contributed by atoms with Gasteiger partial charge in [0.05, 0.1) is 23.2 Å². The van der Waals surface area contributed by atoms with Crippen molar-refractivity contribution in [2.24, 2.45) is 5.41 Å². The van der Waals surface area contributed by atoms with Crippen LogP contribution in [0.3, 0.4) is 0 Å². The Morgan fingerprint density at radius 3 is 2.85 bits per heavy atom. The van der Waals surface area contributed by atoms with E-state index in [1.54, 1.807) is 24.5 Å². The number of likely N-dealkylation sites (tertiary alicyclic amines) is 2. The van der Waals surface area contributed by atoms with Gasteiger partial charge >= 0.3 is 0 Å². The Labute approximate surface area is 159 Å². The highest BCUT2D eigenvalue weighted by molar-refractivity contribution is 5.95. The summed E-state index contributed by atoms with van der Waals surface area (Å²) in [4.78, 5) is 38.3. The number of pyridine rings is 2. The molecule has 0 aromatic carbocycles. The Bertz CT molecular complexity index is 854. The summed E-state index contributed by atoms with van der Waals surface area (Å²) in [5.41, 5.74) is 2.01. The van der Waals surface area contributed by atoms with Crippen LogP contribution in [0, 0.1) is 12.3 Å². The van der Waals surface area contributed by atoms with E-state index in [1.807, 2.05) is 34.9 Å². The van der Waals surface area contributed by atoms with E-state index in [4.69, 9.17) is 0 Å². The highest BCUT2D eigenvalue weighted by atomic mass is 16.2. The molecule has 1 spiro atoms. The van der Waals surface area contributed by atoms with Gasteiger partial charge in [-0.05, 0) is 50.5 Å². The van der Waals surface area contributed by atoms with Gasteiger partial charge in [0.2, 0.25) is 5.91 Å². The van der Waals surface area contributed by atoms with Gasteiger partial charge in [-0.15, -0.1) is 0 Å². The number of hydrogen-bond donors (Lipinski definition) is 0. The molecule has 0 bridgehead atoms. The topological polar surface area (TPSA) is 66.4 Å². The van der Waals surface area contributed by atoms with Gasteiger partial charge in [0, 0.05) is 37.7 Å². The number of aromatic nitrogens is 2. The fourth-order valence-electron chi connectivity index (χ4n) is 4.28. The number of rotatable bonds is 3. The molecule has 2 amide bonds. The lowest BCUT2D eigenvalue weighted by molar-refractivity contribution is -0.138. The number of piperidine rings is 1. The minimum atomic E-state index is -0.445. The first-order valence-electron chi connectivity index (χ1n) is 9.49. The van der Waals surface area contributed by atoms with Gasteiger partial charge in [0.1, 0.15) is 0 Å². The Kier molecular flexibility index (Phi) is 4.64. The van der Waals surface area contributed by atoms with Crippen molar-refractivity contribution in [1.29, 1.82) is 0 Å². The molecule has 0 aliphatic carbocycles. The zero-order chi connectivity index (χ0) is 18.9. The zero-order valence-electron chi connectivity index (χ0n) is 15.6. The Morgan fingerprint density at radius 2 is 2.07 bits per heavy atom. The van der Waals surface area contributed by atoms with Crippen molar-refractivity contribution in [1.82, 2.24) is 19.8 Å². The molecule has 6 nitrogen and oxygen atoms in total. The Balaban J connectivity index is 1.48. The first-order valence-corrected chi connectivity index (χ1v) is 9.49. The molecule has 2 aliphatic rings. The predicted molar refractivity (Wildman–Crippen MR) is 101 cm³/mol. The number of carbonyl (C=O) groups excluding carboxylic acids is 2. The normalized spacial score (nSPS) is 22.5. The first kappa shape index (κ1) is 17.6. The van der Waals surface area contributed by atoms with Gasteiger partial charge in [0.15, 0.2) is 0 Å². The third-order valence-electron chi connectivity index (χ3n) is 5.67. The lowest BCUT2D eigenvalue weighted by Crippen LogP contribution is -2.49. The van der Waals surface area contributed by atoms with Gasteiger partial charge < -0.3 is 9.80 Å². The van der Waals surface area contributed by atoms with E-state index in [1.165, 1.54) is 0 Å². The predicted octanol–water partition coefficient (Wildman–Crippen LogP) is 2.44. The SMILES string of the molecule is Cc1cccc(CN2CC[C@]3(CCCN(C(=O)c4cccnc4)C3)C2=O)n1. The van der Waals surface area contributed by atoms with Crippen molar-refractivity contribution in [3.63, 3.8) is 0 Å². The molecule has 1 atom stereocenters. The van der Waals surface area contributed by atoms with Crippen LogP contribution < -0.4 is 0 Å². The quantitative estimate of drug-likeness (QED) is 0.839. The molecule has 2 aromatic rings. The van der Waals surface area contributed by atoms with Crippen LogP contribution in [0.4, 0.5) is 0 Å². The molecule has 0 N–H and O–H groups in total. The highest BCUT2D eigenvalue weighted by Gasteiger charge is 2.49. The van der Waals surface area contributed by atoms with Crippen LogP contribution in [0.15, 0.2) is 42.7 Å². The minimum absolute atomic E-state index is 0.0335. The molecule has 6 heteroatoms. The summed E-state index contributed by atoms with van der Waals surface area (Å²) in [5.74, 6) is 0.128. The molecule has 140 valence electrons. The molecular weight excluding hydrogens is 340 g/mol. The van der Waals surface area contributed by atoms with Crippen LogP contribution in [-0.2, 0) is 11.3 Å². The van der Waals surface area contributed by atoms with Crippen LogP contribution >= 0.6 is 0 Å². The molecule has 2 fully saturated rings. The molecule has 4 heterocycles.